The van der Waals surface area contributed by atoms with Gasteiger partial charge in [-0.05, 0) is 44.4 Å². The van der Waals surface area contributed by atoms with E-state index in [4.69, 9.17) is 9.47 Å². The van der Waals surface area contributed by atoms with Crippen LogP contribution in [0.3, 0.4) is 0 Å². The van der Waals surface area contributed by atoms with Crippen LogP contribution in [0.4, 0.5) is 5.69 Å². The fourth-order valence-corrected chi connectivity index (χ4v) is 2.08. The zero-order valence-electron chi connectivity index (χ0n) is 11.8. The van der Waals surface area contributed by atoms with Crippen molar-refractivity contribution in [3.63, 3.8) is 0 Å². The Bertz CT molecular complexity index is 513. The number of esters is 1. The van der Waals surface area contributed by atoms with Gasteiger partial charge in [0.1, 0.15) is 5.75 Å². The molecule has 108 valence electrons. The predicted molar refractivity (Wildman–Crippen MR) is 74.7 cm³/mol. The molecule has 1 atom stereocenters. The molecule has 1 unspecified atom stereocenters. The first-order valence-corrected chi connectivity index (χ1v) is 6.86. The third-order valence-corrected chi connectivity index (χ3v) is 3.13. The van der Waals surface area contributed by atoms with Gasteiger partial charge in [-0.25, -0.2) is 0 Å². The lowest BCUT2D eigenvalue weighted by atomic mass is 10.1. The summed E-state index contributed by atoms with van der Waals surface area (Å²) in [5.74, 6) is 0.378. The van der Waals surface area contributed by atoms with E-state index in [9.17, 15) is 9.59 Å². The van der Waals surface area contributed by atoms with E-state index in [1.54, 1.807) is 13.8 Å². The van der Waals surface area contributed by atoms with E-state index in [2.05, 4.69) is 5.32 Å². The van der Waals surface area contributed by atoms with Crippen molar-refractivity contribution in [3.8, 4) is 5.75 Å². The third kappa shape index (κ3) is 3.50. The van der Waals surface area contributed by atoms with Crippen LogP contribution in [0.25, 0.3) is 0 Å². The van der Waals surface area contributed by atoms with Crippen molar-refractivity contribution in [2.24, 2.45) is 0 Å². The van der Waals surface area contributed by atoms with Gasteiger partial charge in [0.15, 0.2) is 6.10 Å². The molecule has 0 aromatic heterocycles. The lowest BCUT2D eigenvalue weighted by Gasteiger charge is -2.23. The molecule has 1 heterocycles. The highest BCUT2D eigenvalue weighted by atomic mass is 16.5. The van der Waals surface area contributed by atoms with E-state index in [-0.39, 0.29) is 11.9 Å². The van der Waals surface area contributed by atoms with Crippen LogP contribution >= 0.6 is 0 Å². The highest BCUT2D eigenvalue weighted by molar-refractivity contribution is 5.97. The Hall–Kier alpha value is -2.04. The molecule has 1 aromatic carbocycles. The van der Waals surface area contributed by atoms with Crippen LogP contribution in [0.15, 0.2) is 18.2 Å². The average molecular weight is 277 g/mol. The van der Waals surface area contributed by atoms with Crippen LogP contribution in [-0.2, 0) is 20.7 Å². The molecule has 20 heavy (non-hydrogen) atoms. The molecule has 5 heteroatoms. The van der Waals surface area contributed by atoms with Crippen molar-refractivity contribution in [1.82, 2.24) is 0 Å². The lowest BCUT2D eigenvalue weighted by Crippen LogP contribution is -2.34. The van der Waals surface area contributed by atoms with Crippen LogP contribution in [0.5, 0.6) is 5.75 Å². The van der Waals surface area contributed by atoms with Crippen molar-refractivity contribution < 1.29 is 19.1 Å². The van der Waals surface area contributed by atoms with Crippen molar-refractivity contribution >= 4 is 17.6 Å². The molecule has 0 saturated carbocycles. The summed E-state index contributed by atoms with van der Waals surface area (Å²) < 4.78 is 10.4. The second-order valence-corrected chi connectivity index (χ2v) is 4.74. The SMILES string of the molecule is CCOC(=O)CCCc1ccc2c(c1)NC(=O)C(C)O2. The van der Waals surface area contributed by atoms with Gasteiger partial charge in [0, 0.05) is 6.42 Å². The third-order valence-electron chi connectivity index (χ3n) is 3.13. The molecule has 0 aliphatic carbocycles. The number of hydrogen-bond donors (Lipinski definition) is 1. The van der Waals surface area contributed by atoms with Crippen LogP contribution in [0, 0.1) is 0 Å². The zero-order chi connectivity index (χ0) is 14.5. The fraction of sp³-hybridized carbons (Fsp3) is 0.467. The summed E-state index contributed by atoms with van der Waals surface area (Å²) in [6, 6.07) is 5.70. The highest BCUT2D eigenvalue weighted by Crippen LogP contribution is 2.30. The maximum atomic E-state index is 11.5. The first-order chi connectivity index (χ1) is 9.60. The number of carbonyl (C=O) groups is 2. The van der Waals surface area contributed by atoms with E-state index in [0.717, 1.165) is 18.4 Å². The largest absolute Gasteiger partial charge is 0.479 e. The zero-order valence-corrected chi connectivity index (χ0v) is 11.8. The van der Waals surface area contributed by atoms with E-state index in [0.29, 0.717) is 24.5 Å². The minimum atomic E-state index is -0.461. The number of rotatable bonds is 5. The standard InChI is InChI=1S/C15H19NO4/c1-3-19-14(17)6-4-5-11-7-8-13-12(9-11)16-15(18)10(2)20-13/h7-10H,3-6H2,1-2H3,(H,16,18). The van der Waals surface area contributed by atoms with E-state index in [1.807, 2.05) is 18.2 Å². The first-order valence-electron chi connectivity index (χ1n) is 6.86. The van der Waals surface area contributed by atoms with Gasteiger partial charge < -0.3 is 14.8 Å². The number of anilines is 1. The van der Waals surface area contributed by atoms with Crippen LogP contribution in [-0.4, -0.2) is 24.6 Å². The molecule has 5 nitrogen and oxygen atoms in total. The van der Waals surface area contributed by atoms with Gasteiger partial charge >= 0.3 is 5.97 Å². The quantitative estimate of drug-likeness (QED) is 0.839. The molecule has 0 radical (unpaired) electrons. The van der Waals surface area contributed by atoms with Crippen LogP contribution in [0.2, 0.25) is 0 Å². The molecule has 0 spiro atoms. The fourth-order valence-electron chi connectivity index (χ4n) is 2.08. The molecule has 0 bridgehead atoms. The van der Waals surface area contributed by atoms with Gasteiger partial charge in [0.2, 0.25) is 0 Å². The summed E-state index contributed by atoms with van der Waals surface area (Å²) in [5, 5.41) is 2.81. The van der Waals surface area contributed by atoms with Crippen molar-refractivity contribution in [2.45, 2.75) is 39.2 Å². The molecular weight excluding hydrogens is 258 g/mol. The molecule has 1 N–H and O–H groups in total. The Labute approximate surface area is 118 Å². The highest BCUT2D eigenvalue weighted by Gasteiger charge is 2.23. The summed E-state index contributed by atoms with van der Waals surface area (Å²) in [6.45, 7) is 3.93. The molecule has 1 aromatic rings. The second-order valence-electron chi connectivity index (χ2n) is 4.74. The maximum Gasteiger partial charge on any atom is 0.305 e. The topological polar surface area (TPSA) is 64.6 Å². The minimum Gasteiger partial charge on any atom is -0.479 e. The van der Waals surface area contributed by atoms with Crippen molar-refractivity contribution in [1.29, 1.82) is 0 Å². The Balaban J connectivity index is 1.93. The Morgan fingerprint density at radius 1 is 1.45 bits per heavy atom. The van der Waals surface area contributed by atoms with E-state index >= 15 is 0 Å². The van der Waals surface area contributed by atoms with Crippen molar-refractivity contribution in [3.05, 3.63) is 23.8 Å². The summed E-state index contributed by atoms with van der Waals surface area (Å²) in [5.41, 5.74) is 1.76. The van der Waals surface area contributed by atoms with Crippen LogP contribution in [0.1, 0.15) is 32.3 Å². The predicted octanol–water partition coefficient (Wildman–Crippen LogP) is 2.29. The molecule has 2 rings (SSSR count). The Kier molecular flexibility index (Phi) is 4.61. The summed E-state index contributed by atoms with van der Waals surface area (Å²) in [6.07, 6.45) is 1.43. The monoisotopic (exact) mass is 277 g/mol. The number of fused-ring (bicyclic) bond motifs is 1. The summed E-state index contributed by atoms with van der Waals surface area (Å²) in [7, 11) is 0. The number of nitrogens with one attached hydrogen (secondary N) is 1. The number of ether oxygens (including phenoxy) is 2. The number of carbonyl (C=O) groups excluding carboxylic acids is 2. The van der Waals surface area contributed by atoms with Crippen LogP contribution < -0.4 is 10.1 Å². The van der Waals surface area contributed by atoms with Gasteiger partial charge in [0.25, 0.3) is 5.91 Å². The lowest BCUT2D eigenvalue weighted by molar-refractivity contribution is -0.143. The normalized spacial score (nSPS) is 16.9. The smallest absolute Gasteiger partial charge is 0.305 e. The average Bonchev–Trinajstić information content (AvgIpc) is 2.41. The van der Waals surface area contributed by atoms with Gasteiger partial charge in [-0.3, -0.25) is 9.59 Å². The summed E-state index contributed by atoms with van der Waals surface area (Å²) >= 11 is 0. The van der Waals surface area contributed by atoms with Crippen molar-refractivity contribution in [2.75, 3.05) is 11.9 Å². The number of aryl methyl sites for hydroxylation is 1. The molecule has 1 aliphatic rings. The van der Waals surface area contributed by atoms with Gasteiger partial charge in [0.05, 0.1) is 12.3 Å². The van der Waals surface area contributed by atoms with E-state index in [1.165, 1.54) is 0 Å². The molecule has 0 saturated heterocycles. The maximum absolute atomic E-state index is 11.5. The second kappa shape index (κ2) is 6.41. The molecule has 1 aliphatic heterocycles. The van der Waals surface area contributed by atoms with Gasteiger partial charge in [-0.2, -0.15) is 0 Å². The summed E-state index contributed by atoms with van der Waals surface area (Å²) in [4.78, 5) is 22.8. The number of hydrogen-bond acceptors (Lipinski definition) is 4. The molecule has 0 fully saturated rings. The minimum absolute atomic E-state index is 0.138. The van der Waals surface area contributed by atoms with E-state index < -0.39 is 6.10 Å². The van der Waals surface area contributed by atoms with Gasteiger partial charge in [-0.15, -0.1) is 0 Å². The number of amides is 1. The first kappa shape index (κ1) is 14.4. The van der Waals surface area contributed by atoms with Gasteiger partial charge in [-0.1, -0.05) is 6.07 Å². The number of benzene rings is 1. The molecular formula is C15H19NO4. The Morgan fingerprint density at radius 3 is 3.00 bits per heavy atom. The Morgan fingerprint density at radius 2 is 2.25 bits per heavy atom. The molecule has 1 amide bonds.